The van der Waals surface area contributed by atoms with E-state index in [1.54, 1.807) is 38.5 Å². The molecule has 0 bridgehead atoms. The van der Waals surface area contributed by atoms with E-state index in [9.17, 15) is 4.79 Å². The molecule has 1 amide bonds. The second kappa shape index (κ2) is 10.6. The Labute approximate surface area is 137 Å². The van der Waals surface area contributed by atoms with E-state index in [4.69, 9.17) is 14.2 Å². The van der Waals surface area contributed by atoms with Gasteiger partial charge in [0, 0.05) is 19.2 Å². The molecule has 0 unspecified atom stereocenters. The lowest BCUT2D eigenvalue weighted by atomic mass is 10.2. The smallest absolute Gasteiger partial charge is 0.291 e. The van der Waals surface area contributed by atoms with E-state index in [0.29, 0.717) is 31.1 Å². The lowest BCUT2D eigenvalue weighted by Gasteiger charge is -2.12. The Bertz CT molecular complexity index is 501. The molecule has 0 aliphatic carbocycles. The molecule has 0 aliphatic rings. The average Bonchev–Trinajstić information content (AvgIpc) is 2.54. The number of amides is 1. The summed E-state index contributed by atoms with van der Waals surface area (Å²) in [5.41, 5.74) is 0.501. The lowest BCUT2D eigenvalue weighted by molar-refractivity contribution is 0.0954. The third-order valence-corrected chi connectivity index (χ3v) is 2.90. The van der Waals surface area contributed by atoms with Crippen LogP contribution in [-0.4, -0.2) is 71.4 Å². The third-order valence-electron chi connectivity index (χ3n) is 2.90. The second-order valence-corrected chi connectivity index (χ2v) is 5.01. The molecule has 0 saturated heterocycles. The molecule has 23 heavy (non-hydrogen) atoms. The number of nitrogens with zero attached hydrogens (tertiary/aromatic N) is 2. The SMILES string of the molecule is COCCOC(=NCCN(C)C)NC(=O)c1ccc(OC)cc1. The van der Waals surface area contributed by atoms with E-state index in [1.165, 1.54) is 0 Å². The van der Waals surface area contributed by atoms with E-state index in [2.05, 4.69) is 10.3 Å². The Morgan fingerprint density at radius 3 is 2.43 bits per heavy atom. The van der Waals surface area contributed by atoms with Gasteiger partial charge in [0.05, 0.1) is 20.3 Å². The van der Waals surface area contributed by atoms with Crippen molar-refractivity contribution in [2.75, 3.05) is 54.6 Å². The number of likely N-dealkylation sites (N-methyl/N-ethyl adjacent to an activating group) is 1. The van der Waals surface area contributed by atoms with E-state index in [-0.39, 0.29) is 11.9 Å². The van der Waals surface area contributed by atoms with Gasteiger partial charge >= 0.3 is 0 Å². The first-order valence-electron chi connectivity index (χ1n) is 7.33. The Balaban J connectivity index is 2.66. The zero-order chi connectivity index (χ0) is 17.1. The summed E-state index contributed by atoms with van der Waals surface area (Å²) in [6, 6.07) is 7.01. The molecule has 0 aromatic heterocycles. The molecular weight excluding hydrogens is 298 g/mol. The van der Waals surface area contributed by atoms with Crippen LogP contribution in [0.5, 0.6) is 5.75 Å². The summed E-state index contributed by atoms with van der Waals surface area (Å²) >= 11 is 0. The van der Waals surface area contributed by atoms with Crippen molar-refractivity contribution in [1.82, 2.24) is 10.2 Å². The number of rotatable bonds is 8. The lowest BCUT2D eigenvalue weighted by Crippen LogP contribution is -2.34. The highest BCUT2D eigenvalue weighted by atomic mass is 16.5. The fourth-order valence-electron chi connectivity index (χ4n) is 1.61. The van der Waals surface area contributed by atoms with Crippen molar-refractivity contribution in [3.63, 3.8) is 0 Å². The van der Waals surface area contributed by atoms with Gasteiger partial charge in [0.15, 0.2) is 0 Å². The van der Waals surface area contributed by atoms with Crippen LogP contribution < -0.4 is 10.1 Å². The van der Waals surface area contributed by atoms with Gasteiger partial charge in [-0.05, 0) is 38.4 Å². The molecule has 7 heteroatoms. The van der Waals surface area contributed by atoms with Crippen LogP contribution in [0.25, 0.3) is 0 Å². The summed E-state index contributed by atoms with van der Waals surface area (Å²) in [4.78, 5) is 18.5. The summed E-state index contributed by atoms with van der Waals surface area (Å²) in [5, 5.41) is 2.68. The van der Waals surface area contributed by atoms with Crippen LogP contribution in [0.1, 0.15) is 10.4 Å². The minimum absolute atomic E-state index is 0.199. The summed E-state index contributed by atoms with van der Waals surface area (Å²) in [5.74, 6) is 0.409. The molecule has 0 fully saturated rings. The number of carbonyl (C=O) groups is 1. The highest BCUT2D eigenvalue weighted by Gasteiger charge is 2.10. The molecule has 7 nitrogen and oxygen atoms in total. The van der Waals surface area contributed by atoms with Crippen molar-refractivity contribution in [3.05, 3.63) is 29.8 Å². The maximum absolute atomic E-state index is 12.2. The molecule has 0 atom stereocenters. The predicted molar refractivity (Wildman–Crippen MR) is 89.1 cm³/mol. The average molecular weight is 323 g/mol. The molecule has 0 radical (unpaired) electrons. The molecule has 128 valence electrons. The molecule has 1 aromatic rings. The summed E-state index contributed by atoms with van der Waals surface area (Å²) in [7, 11) is 7.07. The standard InChI is InChI=1S/C16H25N3O4/c1-19(2)10-9-17-16(23-12-11-21-3)18-15(20)13-5-7-14(22-4)8-6-13/h5-8H,9-12H2,1-4H3,(H,17,18,20). The van der Waals surface area contributed by atoms with E-state index < -0.39 is 0 Å². The Hall–Kier alpha value is -2.12. The molecule has 0 saturated carbocycles. The van der Waals surface area contributed by atoms with Gasteiger partial charge in [-0.15, -0.1) is 0 Å². The molecule has 1 aromatic carbocycles. The fraction of sp³-hybridized carbons (Fsp3) is 0.500. The Morgan fingerprint density at radius 1 is 1.17 bits per heavy atom. The number of hydrogen-bond donors (Lipinski definition) is 1. The first kappa shape index (κ1) is 18.9. The van der Waals surface area contributed by atoms with Crippen molar-refractivity contribution >= 4 is 11.9 Å². The Morgan fingerprint density at radius 2 is 1.87 bits per heavy atom. The van der Waals surface area contributed by atoms with Gasteiger partial charge < -0.3 is 19.1 Å². The number of methoxy groups -OCH3 is 2. The van der Waals surface area contributed by atoms with Crippen LogP contribution in [0.4, 0.5) is 0 Å². The van der Waals surface area contributed by atoms with Gasteiger partial charge in [-0.1, -0.05) is 0 Å². The molecule has 0 aliphatic heterocycles. The maximum Gasteiger partial charge on any atom is 0.291 e. The number of nitrogens with one attached hydrogen (secondary N) is 1. The Kier molecular flexibility index (Phi) is 8.71. The number of hydrogen-bond acceptors (Lipinski definition) is 6. The first-order chi connectivity index (χ1) is 11.1. The van der Waals surface area contributed by atoms with Crippen molar-refractivity contribution in [2.45, 2.75) is 0 Å². The molecule has 1 N–H and O–H groups in total. The zero-order valence-electron chi connectivity index (χ0n) is 14.2. The van der Waals surface area contributed by atoms with Crippen molar-refractivity contribution in [2.24, 2.45) is 4.99 Å². The number of carbonyl (C=O) groups excluding carboxylic acids is 1. The number of benzene rings is 1. The maximum atomic E-state index is 12.2. The van der Waals surface area contributed by atoms with Gasteiger partial charge in [-0.2, -0.15) is 0 Å². The topological polar surface area (TPSA) is 72.4 Å². The summed E-state index contributed by atoms with van der Waals surface area (Å²) < 4.78 is 15.5. The van der Waals surface area contributed by atoms with Gasteiger partial charge in [-0.25, -0.2) is 4.99 Å². The van der Waals surface area contributed by atoms with Gasteiger partial charge in [-0.3, -0.25) is 10.1 Å². The third kappa shape index (κ3) is 7.62. The monoisotopic (exact) mass is 323 g/mol. The van der Waals surface area contributed by atoms with Gasteiger partial charge in [0.2, 0.25) is 0 Å². The zero-order valence-corrected chi connectivity index (χ0v) is 14.2. The number of ether oxygens (including phenoxy) is 3. The molecule has 1 rings (SSSR count). The largest absolute Gasteiger partial charge is 0.497 e. The van der Waals surface area contributed by atoms with Crippen LogP contribution in [0.3, 0.4) is 0 Å². The normalized spacial score (nSPS) is 11.4. The summed E-state index contributed by atoms with van der Waals surface area (Å²) in [6.45, 7) is 2.03. The molecule has 0 spiro atoms. The van der Waals surface area contributed by atoms with E-state index in [1.807, 2.05) is 19.0 Å². The van der Waals surface area contributed by atoms with Crippen molar-refractivity contribution in [3.8, 4) is 5.75 Å². The van der Waals surface area contributed by atoms with Crippen molar-refractivity contribution < 1.29 is 19.0 Å². The minimum Gasteiger partial charge on any atom is -0.497 e. The first-order valence-corrected chi connectivity index (χ1v) is 7.33. The fourth-order valence-corrected chi connectivity index (χ4v) is 1.61. The highest BCUT2D eigenvalue weighted by molar-refractivity contribution is 6.04. The van der Waals surface area contributed by atoms with Crippen molar-refractivity contribution in [1.29, 1.82) is 0 Å². The van der Waals surface area contributed by atoms with E-state index in [0.717, 1.165) is 6.54 Å². The number of aliphatic imine (C=N–C) groups is 1. The van der Waals surface area contributed by atoms with Crippen LogP contribution in [0, 0.1) is 0 Å². The molecule has 0 heterocycles. The predicted octanol–water partition coefficient (Wildman–Crippen LogP) is 1.01. The van der Waals surface area contributed by atoms with Crippen LogP contribution in [0.2, 0.25) is 0 Å². The van der Waals surface area contributed by atoms with Crippen LogP contribution in [0.15, 0.2) is 29.3 Å². The molecular formula is C16H25N3O4. The minimum atomic E-state index is -0.284. The van der Waals surface area contributed by atoms with Crippen LogP contribution >= 0.6 is 0 Å². The summed E-state index contributed by atoms with van der Waals surface area (Å²) in [6.07, 6.45) is 0. The van der Waals surface area contributed by atoms with E-state index >= 15 is 0 Å². The van der Waals surface area contributed by atoms with Gasteiger partial charge in [0.25, 0.3) is 11.9 Å². The second-order valence-electron chi connectivity index (χ2n) is 5.01. The number of amidine groups is 1. The highest BCUT2D eigenvalue weighted by Crippen LogP contribution is 2.11. The van der Waals surface area contributed by atoms with Gasteiger partial charge in [0.1, 0.15) is 12.4 Å². The van der Waals surface area contributed by atoms with Crippen LogP contribution in [-0.2, 0) is 9.47 Å². The quantitative estimate of drug-likeness (QED) is 0.439.